The highest BCUT2D eigenvalue weighted by Gasteiger charge is 2.08. The van der Waals surface area contributed by atoms with E-state index in [1.807, 2.05) is 0 Å². The van der Waals surface area contributed by atoms with Crippen LogP contribution in [0.2, 0.25) is 0 Å². The summed E-state index contributed by atoms with van der Waals surface area (Å²) in [5.74, 6) is 0. The van der Waals surface area contributed by atoms with Gasteiger partial charge in [0.05, 0.1) is 0 Å². The van der Waals surface area contributed by atoms with E-state index in [-0.39, 0.29) is 6.29 Å². The van der Waals surface area contributed by atoms with Gasteiger partial charge in [-0.3, -0.25) is 5.32 Å². The Morgan fingerprint density at radius 3 is 2.18 bits per heavy atom. The maximum absolute atomic E-state index is 5.31. The summed E-state index contributed by atoms with van der Waals surface area (Å²) < 4.78 is 0. The highest BCUT2D eigenvalue weighted by molar-refractivity contribution is 4.62. The van der Waals surface area contributed by atoms with Crippen LogP contribution in [0, 0.1) is 5.41 Å². The molecule has 0 heterocycles. The zero-order valence-electron chi connectivity index (χ0n) is 7.85. The highest BCUT2D eigenvalue weighted by Crippen LogP contribution is 2.19. The number of nitrogens with two attached hydrogens (primary N) is 2. The molecule has 0 bridgehead atoms. The monoisotopic (exact) mass is 159 g/mol. The van der Waals surface area contributed by atoms with Crippen LogP contribution in [0.4, 0.5) is 0 Å². The summed E-state index contributed by atoms with van der Waals surface area (Å²) in [5, 5.41) is 2.97. The van der Waals surface area contributed by atoms with Gasteiger partial charge in [-0.15, -0.1) is 0 Å². The number of hydrogen-bond acceptors (Lipinski definition) is 3. The first-order chi connectivity index (χ1) is 4.92. The van der Waals surface area contributed by atoms with Gasteiger partial charge in [0.15, 0.2) is 0 Å². The SMILES string of the molecule is CC(C)(C)CCCNC(N)N. The van der Waals surface area contributed by atoms with E-state index < -0.39 is 0 Å². The van der Waals surface area contributed by atoms with Crippen LogP contribution in [0.25, 0.3) is 0 Å². The Balaban J connectivity index is 3.15. The van der Waals surface area contributed by atoms with Crippen molar-refractivity contribution in [2.75, 3.05) is 6.54 Å². The predicted molar refractivity (Wildman–Crippen MR) is 48.9 cm³/mol. The van der Waals surface area contributed by atoms with Crippen molar-refractivity contribution >= 4 is 0 Å². The van der Waals surface area contributed by atoms with Crippen LogP contribution >= 0.6 is 0 Å². The van der Waals surface area contributed by atoms with Crippen LogP contribution in [0.3, 0.4) is 0 Å². The molecule has 0 atom stereocenters. The van der Waals surface area contributed by atoms with Gasteiger partial charge in [-0.2, -0.15) is 0 Å². The molecule has 11 heavy (non-hydrogen) atoms. The Labute approximate surface area is 69.5 Å². The molecule has 5 N–H and O–H groups in total. The number of hydrogen-bond donors (Lipinski definition) is 3. The van der Waals surface area contributed by atoms with Crippen molar-refractivity contribution in [1.82, 2.24) is 5.32 Å². The van der Waals surface area contributed by atoms with Crippen molar-refractivity contribution in [1.29, 1.82) is 0 Å². The van der Waals surface area contributed by atoms with Crippen molar-refractivity contribution in [3.05, 3.63) is 0 Å². The Bertz CT molecular complexity index is 94.0. The van der Waals surface area contributed by atoms with Gasteiger partial charge in [0.25, 0.3) is 0 Å². The molecule has 0 aromatic rings. The fourth-order valence-corrected chi connectivity index (χ4v) is 0.887. The summed E-state index contributed by atoms with van der Waals surface area (Å²) in [6.45, 7) is 7.61. The largest absolute Gasteiger partial charge is 0.304 e. The fourth-order valence-electron chi connectivity index (χ4n) is 0.887. The van der Waals surface area contributed by atoms with Crippen LogP contribution in [-0.4, -0.2) is 12.8 Å². The van der Waals surface area contributed by atoms with Gasteiger partial charge in [0.1, 0.15) is 6.29 Å². The smallest absolute Gasteiger partial charge is 0.106 e. The second-order valence-electron chi connectivity index (χ2n) is 4.14. The van der Waals surface area contributed by atoms with E-state index in [0.29, 0.717) is 5.41 Å². The van der Waals surface area contributed by atoms with Crippen LogP contribution in [0.5, 0.6) is 0 Å². The van der Waals surface area contributed by atoms with Crippen LogP contribution in [0.15, 0.2) is 0 Å². The normalized spacial score (nSPS) is 12.5. The summed E-state index contributed by atoms with van der Waals surface area (Å²) in [4.78, 5) is 0. The van der Waals surface area contributed by atoms with Crippen molar-refractivity contribution in [2.24, 2.45) is 16.9 Å². The lowest BCUT2D eigenvalue weighted by atomic mass is 9.91. The van der Waals surface area contributed by atoms with Gasteiger partial charge in [0.2, 0.25) is 0 Å². The second kappa shape index (κ2) is 4.70. The van der Waals surface area contributed by atoms with Gasteiger partial charge >= 0.3 is 0 Å². The maximum Gasteiger partial charge on any atom is 0.106 e. The molecule has 0 amide bonds. The predicted octanol–water partition coefficient (Wildman–Crippen LogP) is 0.603. The maximum atomic E-state index is 5.31. The summed E-state index contributed by atoms with van der Waals surface area (Å²) in [6.07, 6.45) is 1.97. The summed E-state index contributed by atoms with van der Waals surface area (Å²) >= 11 is 0. The van der Waals surface area contributed by atoms with Gasteiger partial charge < -0.3 is 11.5 Å². The first-order valence-corrected chi connectivity index (χ1v) is 4.16. The highest BCUT2D eigenvalue weighted by atomic mass is 15.1. The average molecular weight is 159 g/mol. The Morgan fingerprint density at radius 1 is 1.27 bits per heavy atom. The minimum atomic E-state index is -0.366. The number of rotatable bonds is 4. The third-order valence-electron chi connectivity index (χ3n) is 1.48. The van der Waals surface area contributed by atoms with Crippen molar-refractivity contribution < 1.29 is 0 Å². The van der Waals surface area contributed by atoms with Gasteiger partial charge in [-0.25, -0.2) is 0 Å². The molecule has 0 aromatic heterocycles. The third-order valence-corrected chi connectivity index (χ3v) is 1.48. The molecule has 0 rings (SSSR count). The molecule has 0 saturated heterocycles. The second-order valence-corrected chi connectivity index (χ2v) is 4.14. The Kier molecular flexibility index (Phi) is 4.65. The summed E-state index contributed by atoms with van der Waals surface area (Å²) in [6, 6.07) is 0. The molecule has 68 valence electrons. The molecule has 0 aliphatic heterocycles. The molecule has 3 nitrogen and oxygen atoms in total. The van der Waals surface area contributed by atoms with E-state index in [1.165, 1.54) is 6.42 Å². The molecule has 0 radical (unpaired) electrons. The molecule has 0 saturated carbocycles. The van der Waals surface area contributed by atoms with E-state index in [4.69, 9.17) is 11.5 Å². The third kappa shape index (κ3) is 9.88. The van der Waals surface area contributed by atoms with Crippen LogP contribution in [0.1, 0.15) is 33.6 Å². The van der Waals surface area contributed by atoms with Gasteiger partial charge in [-0.05, 0) is 24.8 Å². The first-order valence-electron chi connectivity index (χ1n) is 4.16. The van der Waals surface area contributed by atoms with E-state index in [2.05, 4.69) is 26.1 Å². The fraction of sp³-hybridized carbons (Fsp3) is 1.00. The van der Waals surface area contributed by atoms with E-state index in [0.717, 1.165) is 13.0 Å². The van der Waals surface area contributed by atoms with Crippen molar-refractivity contribution in [2.45, 2.75) is 39.9 Å². The lowest BCUT2D eigenvalue weighted by Crippen LogP contribution is -2.45. The summed E-state index contributed by atoms with van der Waals surface area (Å²) in [7, 11) is 0. The lowest BCUT2D eigenvalue weighted by Gasteiger charge is -2.18. The zero-order valence-corrected chi connectivity index (χ0v) is 7.85. The summed E-state index contributed by atoms with van der Waals surface area (Å²) in [5.41, 5.74) is 11.0. The molecule has 0 unspecified atom stereocenters. The van der Waals surface area contributed by atoms with Crippen molar-refractivity contribution in [3.8, 4) is 0 Å². The molecular formula is C8H21N3. The number of nitrogens with one attached hydrogen (secondary N) is 1. The van der Waals surface area contributed by atoms with E-state index >= 15 is 0 Å². The van der Waals surface area contributed by atoms with Crippen LogP contribution < -0.4 is 16.8 Å². The minimum absolute atomic E-state index is 0.366. The molecule has 0 aliphatic carbocycles. The minimum Gasteiger partial charge on any atom is -0.304 e. The Morgan fingerprint density at radius 2 is 1.82 bits per heavy atom. The average Bonchev–Trinajstić information content (AvgIpc) is 1.78. The van der Waals surface area contributed by atoms with E-state index in [1.54, 1.807) is 0 Å². The molecule has 3 heteroatoms. The van der Waals surface area contributed by atoms with Crippen molar-refractivity contribution in [3.63, 3.8) is 0 Å². The first kappa shape index (κ1) is 10.9. The lowest BCUT2D eigenvalue weighted by molar-refractivity contribution is 0.356. The topological polar surface area (TPSA) is 64.1 Å². The molecule has 0 aliphatic rings. The van der Waals surface area contributed by atoms with Gasteiger partial charge in [-0.1, -0.05) is 20.8 Å². The van der Waals surface area contributed by atoms with Crippen LogP contribution in [-0.2, 0) is 0 Å². The molecule has 0 aromatic carbocycles. The Hall–Kier alpha value is -0.120. The molecule has 0 fully saturated rings. The zero-order chi connectivity index (χ0) is 8.91. The standard InChI is InChI=1S/C8H21N3/c1-8(2,3)5-4-6-11-7(9)10/h7,11H,4-6,9-10H2,1-3H3. The quantitative estimate of drug-likeness (QED) is 0.416. The molecular weight excluding hydrogens is 138 g/mol. The molecule has 0 spiro atoms. The van der Waals surface area contributed by atoms with Gasteiger partial charge in [0, 0.05) is 0 Å². The van der Waals surface area contributed by atoms with E-state index in [9.17, 15) is 0 Å².